The molecular weight excluding hydrogens is 195 g/mol. The Morgan fingerprint density at radius 1 is 1.42 bits per heavy atom. The molecule has 0 bridgehead atoms. The van der Waals surface area contributed by atoms with Crippen LogP contribution in [0.25, 0.3) is 0 Å². The molecule has 0 aromatic carbocycles. The highest BCUT2D eigenvalue weighted by Crippen LogP contribution is 2.25. The number of hydrogen-bond acceptors (Lipinski definition) is 3. The molecule has 0 radical (unpaired) electrons. The van der Waals surface area contributed by atoms with Gasteiger partial charge in [-0.05, 0) is 12.5 Å². The van der Waals surface area contributed by atoms with E-state index in [1.54, 1.807) is 0 Å². The van der Waals surface area contributed by atoms with Crippen LogP contribution in [0.2, 0.25) is 0 Å². The molecule has 2 N–H and O–H groups in total. The normalized spacial score (nSPS) is 16.1. The van der Waals surface area contributed by atoms with Gasteiger partial charge in [0.1, 0.15) is 0 Å². The second kappa shape index (κ2) is 3.61. The number of sulfone groups is 1. The zero-order valence-electron chi connectivity index (χ0n) is 6.43. The topological polar surface area (TPSA) is 60.2 Å². The van der Waals surface area contributed by atoms with Crippen LogP contribution in [-0.4, -0.2) is 26.2 Å². The summed E-state index contributed by atoms with van der Waals surface area (Å²) >= 11 is 0. The summed E-state index contributed by atoms with van der Waals surface area (Å²) in [4.78, 5) is 0. The summed E-state index contributed by atoms with van der Waals surface area (Å²) in [7, 11) is -4.99. The molecule has 1 atom stereocenters. The molecule has 12 heavy (non-hydrogen) atoms. The zero-order chi connectivity index (χ0) is 9.99. The maximum absolute atomic E-state index is 11.7. The highest BCUT2D eigenvalue weighted by molar-refractivity contribution is 7.92. The smallest absolute Gasteiger partial charge is 0.330 e. The Bertz CT molecular complexity index is 234. The quantitative estimate of drug-likeness (QED) is 0.730. The molecule has 0 aliphatic carbocycles. The van der Waals surface area contributed by atoms with E-state index in [4.69, 9.17) is 5.73 Å². The molecule has 0 aliphatic rings. The number of rotatable bonds is 3. The molecule has 0 saturated carbocycles. The van der Waals surface area contributed by atoms with Crippen molar-refractivity contribution in [1.29, 1.82) is 0 Å². The molecule has 0 heterocycles. The molecule has 0 saturated heterocycles. The summed E-state index contributed by atoms with van der Waals surface area (Å²) in [6.07, 6.45) is 0. The van der Waals surface area contributed by atoms with Gasteiger partial charge in [-0.15, -0.1) is 0 Å². The zero-order valence-corrected chi connectivity index (χ0v) is 7.24. The maximum Gasteiger partial charge on any atom is 0.497 e. The van der Waals surface area contributed by atoms with Gasteiger partial charge in [0.2, 0.25) is 9.84 Å². The summed E-state index contributed by atoms with van der Waals surface area (Å²) in [5, 5.41) is 0. The van der Waals surface area contributed by atoms with E-state index in [0.29, 0.717) is 0 Å². The fraction of sp³-hybridized carbons (Fsp3) is 1.00. The minimum Gasteiger partial charge on any atom is -0.330 e. The van der Waals surface area contributed by atoms with Crippen molar-refractivity contribution in [3.05, 3.63) is 0 Å². The third-order valence-electron chi connectivity index (χ3n) is 1.26. The fourth-order valence-corrected chi connectivity index (χ4v) is 1.61. The van der Waals surface area contributed by atoms with E-state index in [-0.39, 0.29) is 6.54 Å². The first-order valence-electron chi connectivity index (χ1n) is 3.20. The Kier molecular flexibility index (Phi) is 3.52. The van der Waals surface area contributed by atoms with Crippen LogP contribution in [0.3, 0.4) is 0 Å². The van der Waals surface area contributed by atoms with Gasteiger partial charge in [0.05, 0.1) is 5.75 Å². The Balaban J connectivity index is 4.46. The lowest BCUT2D eigenvalue weighted by atomic mass is 10.2. The number of nitrogens with two attached hydrogens (primary N) is 1. The van der Waals surface area contributed by atoms with Gasteiger partial charge in [-0.1, -0.05) is 6.92 Å². The van der Waals surface area contributed by atoms with Gasteiger partial charge in [0, 0.05) is 0 Å². The number of alkyl halides is 3. The molecule has 3 nitrogen and oxygen atoms in total. The summed E-state index contributed by atoms with van der Waals surface area (Å²) in [6.45, 7) is 1.28. The lowest BCUT2D eigenvalue weighted by molar-refractivity contribution is -0.0437. The highest BCUT2D eigenvalue weighted by atomic mass is 32.2. The molecule has 7 heteroatoms. The van der Waals surface area contributed by atoms with Crippen LogP contribution >= 0.6 is 0 Å². The number of hydrogen-bond donors (Lipinski definition) is 1. The molecule has 74 valence electrons. The van der Waals surface area contributed by atoms with E-state index in [0.717, 1.165) is 0 Å². The van der Waals surface area contributed by atoms with Gasteiger partial charge in [-0.25, -0.2) is 8.42 Å². The second-order valence-electron chi connectivity index (χ2n) is 2.57. The summed E-state index contributed by atoms with van der Waals surface area (Å²) in [6, 6.07) is 0. The first-order valence-corrected chi connectivity index (χ1v) is 4.85. The monoisotopic (exact) mass is 205 g/mol. The summed E-state index contributed by atoms with van der Waals surface area (Å²) < 4.78 is 56.0. The van der Waals surface area contributed by atoms with Crippen LogP contribution in [0.4, 0.5) is 13.2 Å². The molecule has 0 aliphatic heterocycles. The van der Waals surface area contributed by atoms with Gasteiger partial charge in [-0.2, -0.15) is 13.2 Å². The van der Waals surface area contributed by atoms with E-state index >= 15 is 0 Å². The van der Waals surface area contributed by atoms with Crippen LogP contribution in [0.1, 0.15) is 6.92 Å². The van der Waals surface area contributed by atoms with E-state index in [9.17, 15) is 21.6 Å². The van der Waals surface area contributed by atoms with E-state index < -0.39 is 27.0 Å². The number of halogens is 3. The van der Waals surface area contributed by atoms with Crippen molar-refractivity contribution in [3.8, 4) is 0 Å². The summed E-state index contributed by atoms with van der Waals surface area (Å²) in [5.41, 5.74) is -0.166. The lowest BCUT2D eigenvalue weighted by Gasteiger charge is -2.11. The van der Waals surface area contributed by atoms with Crippen LogP contribution in [-0.2, 0) is 9.84 Å². The van der Waals surface area contributed by atoms with Crippen LogP contribution in [0.5, 0.6) is 0 Å². The van der Waals surface area contributed by atoms with Crippen molar-refractivity contribution in [2.45, 2.75) is 12.4 Å². The Morgan fingerprint density at radius 3 is 2.08 bits per heavy atom. The lowest BCUT2D eigenvalue weighted by Crippen LogP contribution is -2.31. The van der Waals surface area contributed by atoms with E-state index in [2.05, 4.69) is 0 Å². The largest absolute Gasteiger partial charge is 0.497 e. The van der Waals surface area contributed by atoms with Crippen LogP contribution < -0.4 is 5.73 Å². The Labute approximate surface area is 68.7 Å². The van der Waals surface area contributed by atoms with Crippen molar-refractivity contribution < 1.29 is 21.6 Å². The van der Waals surface area contributed by atoms with Crippen molar-refractivity contribution >= 4 is 9.84 Å². The van der Waals surface area contributed by atoms with Crippen LogP contribution in [0.15, 0.2) is 0 Å². The predicted octanol–water partition coefficient (Wildman–Crippen LogP) is 0.516. The van der Waals surface area contributed by atoms with Crippen LogP contribution in [0, 0.1) is 5.92 Å². The van der Waals surface area contributed by atoms with Crippen molar-refractivity contribution in [2.75, 3.05) is 12.3 Å². The van der Waals surface area contributed by atoms with Gasteiger partial charge in [0.15, 0.2) is 0 Å². The Hall–Kier alpha value is -0.300. The maximum atomic E-state index is 11.7. The average Bonchev–Trinajstić information content (AvgIpc) is 1.84. The average molecular weight is 205 g/mol. The third-order valence-corrected chi connectivity index (χ3v) is 2.97. The van der Waals surface area contributed by atoms with E-state index in [1.165, 1.54) is 6.92 Å². The third kappa shape index (κ3) is 2.98. The molecule has 0 fully saturated rings. The Morgan fingerprint density at radius 2 is 1.83 bits per heavy atom. The van der Waals surface area contributed by atoms with Crippen molar-refractivity contribution in [1.82, 2.24) is 0 Å². The molecule has 0 aromatic rings. The first-order chi connectivity index (χ1) is 5.20. The molecular formula is C5H10F3NO2S. The molecule has 0 amide bonds. The molecule has 1 unspecified atom stereocenters. The van der Waals surface area contributed by atoms with E-state index in [1.807, 2.05) is 0 Å². The first kappa shape index (κ1) is 11.7. The minimum atomic E-state index is -5.16. The molecule has 0 spiro atoms. The fourth-order valence-electron chi connectivity index (χ4n) is 0.537. The van der Waals surface area contributed by atoms with Gasteiger partial charge in [0.25, 0.3) is 0 Å². The van der Waals surface area contributed by atoms with Gasteiger partial charge in [-0.3, -0.25) is 0 Å². The van der Waals surface area contributed by atoms with Crippen molar-refractivity contribution in [3.63, 3.8) is 0 Å². The molecule has 0 rings (SSSR count). The standard InChI is InChI=1S/C5H10F3NO2S/c1-4(2-9)3-12(10,11)5(6,7)8/h4H,2-3,9H2,1H3. The molecule has 0 aromatic heterocycles. The SMILES string of the molecule is CC(CN)CS(=O)(=O)C(F)(F)F. The van der Waals surface area contributed by atoms with Crippen molar-refractivity contribution in [2.24, 2.45) is 11.7 Å². The second-order valence-corrected chi connectivity index (χ2v) is 4.59. The highest BCUT2D eigenvalue weighted by Gasteiger charge is 2.45. The van der Waals surface area contributed by atoms with Gasteiger partial charge < -0.3 is 5.73 Å². The van der Waals surface area contributed by atoms with Gasteiger partial charge >= 0.3 is 5.51 Å². The minimum absolute atomic E-state index is 0.0741. The predicted molar refractivity (Wildman–Crippen MR) is 38.1 cm³/mol. The summed E-state index contributed by atoms with van der Waals surface area (Å²) in [5.74, 6) is -1.61.